The molecule has 0 aliphatic carbocycles. The number of aliphatic hydroxyl groups is 1. The largest absolute Gasteiger partial charge is 0.493 e. The summed E-state index contributed by atoms with van der Waals surface area (Å²) >= 11 is 0. The zero-order chi connectivity index (χ0) is 12.9. The molecule has 96 valence electrons. The van der Waals surface area contributed by atoms with E-state index in [1.807, 2.05) is 26.1 Å². The molecule has 17 heavy (non-hydrogen) atoms. The van der Waals surface area contributed by atoms with Gasteiger partial charge in [-0.05, 0) is 45.0 Å². The summed E-state index contributed by atoms with van der Waals surface area (Å²) in [6, 6.07) is 6.06. The summed E-state index contributed by atoms with van der Waals surface area (Å²) in [5, 5.41) is 12.4. The van der Waals surface area contributed by atoms with E-state index >= 15 is 0 Å². The fraction of sp³-hybridized carbons (Fsp3) is 0.571. The molecular formula is C14H23NO2. The molecule has 0 fully saturated rings. The second-order valence-corrected chi connectivity index (χ2v) is 4.77. The average Bonchev–Trinajstić information content (AvgIpc) is 2.34. The third-order valence-electron chi connectivity index (χ3n) is 3.42. The lowest BCUT2D eigenvalue weighted by molar-refractivity contribution is 0.151. The molecule has 1 unspecified atom stereocenters. The molecule has 0 heterocycles. The maximum absolute atomic E-state index is 9.26. The van der Waals surface area contributed by atoms with Crippen LogP contribution in [0.1, 0.15) is 24.5 Å². The van der Waals surface area contributed by atoms with Crippen molar-refractivity contribution in [1.82, 2.24) is 5.32 Å². The lowest BCUT2D eigenvalue weighted by Crippen LogP contribution is -2.44. The first-order chi connectivity index (χ1) is 8.02. The Morgan fingerprint density at radius 1 is 1.35 bits per heavy atom. The number of nitrogens with one attached hydrogen (secondary N) is 1. The van der Waals surface area contributed by atoms with Crippen molar-refractivity contribution in [1.29, 1.82) is 0 Å². The molecule has 0 aliphatic rings. The zero-order valence-electron chi connectivity index (χ0n) is 11.2. The summed E-state index contributed by atoms with van der Waals surface area (Å²) < 4.78 is 5.77. The van der Waals surface area contributed by atoms with E-state index < -0.39 is 0 Å². The summed E-state index contributed by atoms with van der Waals surface area (Å²) in [7, 11) is 1.86. The SMILES string of the molecule is CNC(C)(CO)CCOc1cccc(C)c1C. The molecule has 0 radical (unpaired) electrons. The number of rotatable bonds is 6. The lowest BCUT2D eigenvalue weighted by atomic mass is 10.0. The lowest BCUT2D eigenvalue weighted by Gasteiger charge is -2.26. The van der Waals surface area contributed by atoms with Gasteiger partial charge in [0.15, 0.2) is 0 Å². The van der Waals surface area contributed by atoms with E-state index in [1.165, 1.54) is 11.1 Å². The third-order valence-corrected chi connectivity index (χ3v) is 3.42. The summed E-state index contributed by atoms with van der Waals surface area (Å²) in [5.41, 5.74) is 2.15. The number of ether oxygens (including phenoxy) is 1. The van der Waals surface area contributed by atoms with Gasteiger partial charge in [0.25, 0.3) is 0 Å². The smallest absolute Gasteiger partial charge is 0.122 e. The van der Waals surface area contributed by atoms with Crippen molar-refractivity contribution in [2.45, 2.75) is 32.7 Å². The number of likely N-dealkylation sites (N-methyl/N-ethyl adjacent to an activating group) is 1. The number of hydrogen-bond acceptors (Lipinski definition) is 3. The van der Waals surface area contributed by atoms with Gasteiger partial charge in [-0.3, -0.25) is 0 Å². The van der Waals surface area contributed by atoms with Crippen molar-refractivity contribution < 1.29 is 9.84 Å². The number of benzene rings is 1. The Morgan fingerprint density at radius 2 is 2.06 bits per heavy atom. The monoisotopic (exact) mass is 237 g/mol. The van der Waals surface area contributed by atoms with Crippen LogP contribution in [0.25, 0.3) is 0 Å². The fourth-order valence-electron chi connectivity index (χ4n) is 1.55. The maximum atomic E-state index is 9.26. The van der Waals surface area contributed by atoms with Gasteiger partial charge in [-0.15, -0.1) is 0 Å². The summed E-state index contributed by atoms with van der Waals surface area (Å²) in [4.78, 5) is 0. The molecule has 0 bridgehead atoms. The summed E-state index contributed by atoms with van der Waals surface area (Å²) in [6.45, 7) is 6.84. The van der Waals surface area contributed by atoms with E-state index in [9.17, 15) is 5.11 Å². The number of hydrogen-bond donors (Lipinski definition) is 2. The van der Waals surface area contributed by atoms with Gasteiger partial charge in [0.2, 0.25) is 0 Å². The van der Waals surface area contributed by atoms with E-state index in [4.69, 9.17) is 4.74 Å². The minimum atomic E-state index is -0.266. The third kappa shape index (κ3) is 3.72. The van der Waals surface area contributed by atoms with Crippen molar-refractivity contribution in [3.05, 3.63) is 29.3 Å². The molecular weight excluding hydrogens is 214 g/mol. The summed E-state index contributed by atoms with van der Waals surface area (Å²) in [5.74, 6) is 0.932. The predicted molar refractivity (Wildman–Crippen MR) is 70.6 cm³/mol. The summed E-state index contributed by atoms with van der Waals surface area (Å²) in [6.07, 6.45) is 0.771. The number of aliphatic hydroxyl groups excluding tert-OH is 1. The van der Waals surface area contributed by atoms with Crippen molar-refractivity contribution >= 4 is 0 Å². The van der Waals surface area contributed by atoms with Gasteiger partial charge < -0.3 is 15.2 Å². The van der Waals surface area contributed by atoms with Crippen LogP contribution in [-0.2, 0) is 0 Å². The van der Waals surface area contributed by atoms with E-state index in [2.05, 4.69) is 25.2 Å². The molecule has 1 rings (SSSR count). The van der Waals surface area contributed by atoms with Crippen LogP contribution >= 0.6 is 0 Å². The van der Waals surface area contributed by atoms with Crippen molar-refractivity contribution in [2.24, 2.45) is 0 Å². The zero-order valence-corrected chi connectivity index (χ0v) is 11.2. The molecule has 0 aromatic heterocycles. The predicted octanol–water partition coefficient (Wildman–Crippen LogP) is 2.04. The maximum Gasteiger partial charge on any atom is 0.122 e. The first-order valence-corrected chi connectivity index (χ1v) is 6.01. The Kier molecular flexibility index (Phi) is 4.97. The molecule has 3 heteroatoms. The van der Waals surface area contributed by atoms with Gasteiger partial charge in [-0.25, -0.2) is 0 Å². The van der Waals surface area contributed by atoms with Crippen molar-refractivity contribution in [3.63, 3.8) is 0 Å². The highest BCUT2D eigenvalue weighted by molar-refractivity contribution is 5.38. The minimum Gasteiger partial charge on any atom is -0.493 e. The van der Waals surface area contributed by atoms with Gasteiger partial charge in [0.1, 0.15) is 5.75 Å². The molecule has 0 amide bonds. The molecule has 0 saturated heterocycles. The Balaban J connectivity index is 2.54. The molecule has 1 aromatic rings. The van der Waals surface area contributed by atoms with Crippen LogP contribution in [-0.4, -0.2) is 30.9 Å². The minimum absolute atomic E-state index is 0.111. The highest BCUT2D eigenvalue weighted by Gasteiger charge is 2.20. The molecule has 0 spiro atoms. The van der Waals surface area contributed by atoms with Gasteiger partial charge in [0.05, 0.1) is 13.2 Å². The highest BCUT2D eigenvalue weighted by Crippen LogP contribution is 2.21. The van der Waals surface area contributed by atoms with Gasteiger partial charge in [-0.2, -0.15) is 0 Å². The Morgan fingerprint density at radius 3 is 2.65 bits per heavy atom. The Bertz CT molecular complexity index is 359. The van der Waals surface area contributed by atoms with E-state index in [1.54, 1.807) is 0 Å². The van der Waals surface area contributed by atoms with Crippen LogP contribution in [0.4, 0.5) is 0 Å². The number of aryl methyl sites for hydroxylation is 1. The van der Waals surface area contributed by atoms with Crippen LogP contribution in [0, 0.1) is 13.8 Å². The molecule has 3 nitrogen and oxygen atoms in total. The van der Waals surface area contributed by atoms with Crippen LogP contribution in [0.5, 0.6) is 5.75 Å². The standard InChI is InChI=1S/C14H23NO2/c1-11-6-5-7-13(12(11)2)17-9-8-14(3,10-16)15-4/h5-7,15-16H,8-10H2,1-4H3. The van der Waals surface area contributed by atoms with Gasteiger partial charge in [0, 0.05) is 12.0 Å². The molecule has 1 atom stereocenters. The molecule has 0 saturated carbocycles. The van der Waals surface area contributed by atoms with Crippen LogP contribution in [0.15, 0.2) is 18.2 Å². The van der Waals surface area contributed by atoms with Crippen molar-refractivity contribution in [2.75, 3.05) is 20.3 Å². The van der Waals surface area contributed by atoms with Gasteiger partial charge >= 0.3 is 0 Å². The van der Waals surface area contributed by atoms with Crippen LogP contribution in [0.3, 0.4) is 0 Å². The molecule has 0 aliphatic heterocycles. The quantitative estimate of drug-likeness (QED) is 0.795. The second kappa shape index (κ2) is 6.03. The molecule has 1 aromatic carbocycles. The van der Waals surface area contributed by atoms with E-state index in [0.29, 0.717) is 6.61 Å². The highest BCUT2D eigenvalue weighted by atomic mass is 16.5. The second-order valence-electron chi connectivity index (χ2n) is 4.77. The Labute approximate surface area is 104 Å². The van der Waals surface area contributed by atoms with E-state index in [-0.39, 0.29) is 12.1 Å². The Hall–Kier alpha value is -1.06. The molecule has 2 N–H and O–H groups in total. The van der Waals surface area contributed by atoms with E-state index in [0.717, 1.165) is 12.2 Å². The van der Waals surface area contributed by atoms with Crippen LogP contribution < -0.4 is 10.1 Å². The normalized spacial score (nSPS) is 14.4. The topological polar surface area (TPSA) is 41.5 Å². The van der Waals surface area contributed by atoms with Crippen LogP contribution in [0.2, 0.25) is 0 Å². The van der Waals surface area contributed by atoms with Gasteiger partial charge in [-0.1, -0.05) is 12.1 Å². The first kappa shape index (κ1) is 14.0. The fourth-order valence-corrected chi connectivity index (χ4v) is 1.55. The average molecular weight is 237 g/mol. The first-order valence-electron chi connectivity index (χ1n) is 6.01. The van der Waals surface area contributed by atoms with Crippen molar-refractivity contribution in [3.8, 4) is 5.75 Å².